The Morgan fingerprint density at radius 2 is 1.70 bits per heavy atom. The molecule has 0 amide bonds. The molecule has 0 bridgehead atoms. The van der Waals surface area contributed by atoms with Crippen LogP contribution in [0.1, 0.15) is 0 Å². The van der Waals surface area contributed by atoms with Gasteiger partial charge in [0, 0.05) is 12.2 Å². The standard InChI is InChI=1S/C5H5F3N2/c6-3-1-5(8,9)2-4(7)10-3/h1-2,10H,9H2. The lowest BCUT2D eigenvalue weighted by Crippen LogP contribution is -2.34. The van der Waals surface area contributed by atoms with Crippen LogP contribution in [0.25, 0.3) is 0 Å². The first kappa shape index (κ1) is 7.14. The first-order chi connectivity index (χ1) is 4.49. The molecule has 1 rings (SSSR count). The fraction of sp³-hybridized carbons (Fsp3) is 0.200. The van der Waals surface area contributed by atoms with Gasteiger partial charge in [-0.3, -0.25) is 5.73 Å². The molecule has 2 nitrogen and oxygen atoms in total. The normalized spacial score (nSPS) is 22.8. The van der Waals surface area contributed by atoms with Crippen molar-refractivity contribution in [3.63, 3.8) is 0 Å². The Labute approximate surface area is 55.2 Å². The SMILES string of the molecule is NC1(F)C=C(F)NC(F)=C1. The Morgan fingerprint density at radius 1 is 1.30 bits per heavy atom. The van der Waals surface area contributed by atoms with Crippen molar-refractivity contribution in [3.8, 4) is 0 Å². The van der Waals surface area contributed by atoms with Crippen LogP contribution >= 0.6 is 0 Å². The van der Waals surface area contributed by atoms with Crippen molar-refractivity contribution in [2.75, 3.05) is 0 Å². The van der Waals surface area contributed by atoms with E-state index in [1.165, 1.54) is 0 Å². The molecule has 1 aliphatic rings. The quantitative estimate of drug-likeness (QED) is 0.502. The summed E-state index contributed by atoms with van der Waals surface area (Å²) in [6, 6.07) is 0. The smallest absolute Gasteiger partial charge is 0.206 e. The summed E-state index contributed by atoms with van der Waals surface area (Å²) in [4.78, 5) is 0. The lowest BCUT2D eigenvalue weighted by Gasteiger charge is -2.16. The lowest BCUT2D eigenvalue weighted by molar-refractivity contribution is 0.282. The van der Waals surface area contributed by atoms with Gasteiger partial charge in [-0.25, -0.2) is 4.39 Å². The van der Waals surface area contributed by atoms with Gasteiger partial charge in [0.05, 0.1) is 0 Å². The minimum absolute atomic E-state index is 0.441. The van der Waals surface area contributed by atoms with Crippen LogP contribution in [0.15, 0.2) is 24.1 Å². The Kier molecular flexibility index (Phi) is 1.44. The van der Waals surface area contributed by atoms with Crippen molar-refractivity contribution in [1.29, 1.82) is 0 Å². The largest absolute Gasteiger partial charge is 0.309 e. The number of nitrogens with two attached hydrogens (primary N) is 1. The summed E-state index contributed by atoms with van der Waals surface area (Å²) in [5.74, 6) is -4.76. The van der Waals surface area contributed by atoms with Crippen LogP contribution in [0.3, 0.4) is 0 Å². The lowest BCUT2D eigenvalue weighted by atomic mass is 10.2. The fourth-order valence-corrected chi connectivity index (χ4v) is 0.616. The van der Waals surface area contributed by atoms with Crippen LogP contribution in [0.4, 0.5) is 13.2 Å². The highest BCUT2D eigenvalue weighted by Crippen LogP contribution is 2.17. The summed E-state index contributed by atoms with van der Waals surface area (Å²) in [6.07, 6.45) is 0.881. The maximum atomic E-state index is 12.5. The number of alkyl halides is 1. The highest BCUT2D eigenvalue weighted by molar-refractivity contribution is 5.21. The Bertz CT molecular complexity index is 187. The first-order valence-corrected chi connectivity index (χ1v) is 2.51. The van der Waals surface area contributed by atoms with Crippen LogP contribution in [0, 0.1) is 0 Å². The highest BCUT2D eigenvalue weighted by Gasteiger charge is 2.24. The maximum absolute atomic E-state index is 12.5. The molecule has 1 aliphatic heterocycles. The molecule has 0 saturated heterocycles. The van der Waals surface area contributed by atoms with E-state index in [2.05, 4.69) is 0 Å². The van der Waals surface area contributed by atoms with Gasteiger partial charge in [-0.05, 0) is 0 Å². The second-order valence-corrected chi connectivity index (χ2v) is 1.94. The molecule has 56 valence electrons. The Hall–Kier alpha value is -0.970. The third-order valence-corrected chi connectivity index (χ3v) is 0.935. The Balaban J connectivity index is 2.88. The van der Waals surface area contributed by atoms with E-state index >= 15 is 0 Å². The van der Waals surface area contributed by atoms with Crippen molar-refractivity contribution in [3.05, 3.63) is 24.1 Å². The van der Waals surface area contributed by atoms with Gasteiger partial charge in [0.2, 0.25) is 5.79 Å². The Morgan fingerprint density at radius 3 is 2.00 bits per heavy atom. The van der Waals surface area contributed by atoms with Gasteiger partial charge < -0.3 is 5.32 Å². The molecule has 3 N–H and O–H groups in total. The molecule has 0 fully saturated rings. The zero-order valence-electron chi connectivity index (χ0n) is 4.87. The van der Waals surface area contributed by atoms with E-state index < -0.39 is 17.7 Å². The van der Waals surface area contributed by atoms with E-state index in [1.54, 1.807) is 5.32 Å². The fourth-order valence-electron chi connectivity index (χ4n) is 0.616. The molecule has 0 aromatic heterocycles. The number of hydrogen-bond donors (Lipinski definition) is 2. The van der Waals surface area contributed by atoms with E-state index in [0.717, 1.165) is 0 Å². The second kappa shape index (κ2) is 2.02. The van der Waals surface area contributed by atoms with Crippen LogP contribution in [-0.2, 0) is 0 Å². The monoisotopic (exact) mass is 150 g/mol. The number of dihydropyridines is 1. The number of hydrogen-bond acceptors (Lipinski definition) is 2. The topological polar surface area (TPSA) is 38.0 Å². The summed E-state index contributed by atoms with van der Waals surface area (Å²) < 4.78 is 36.6. The molecule has 0 spiro atoms. The zero-order chi connectivity index (χ0) is 7.78. The molecular weight excluding hydrogens is 145 g/mol. The van der Waals surface area contributed by atoms with Gasteiger partial charge in [0.25, 0.3) is 0 Å². The third kappa shape index (κ3) is 1.51. The molecule has 0 aromatic rings. The van der Waals surface area contributed by atoms with Gasteiger partial charge in [-0.1, -0.05) is 0 Å². The predicted molar refractivity (Wildman–Crippen MR) is 29.5 cm³/mol. The summed E-state index contributed by atoms with van der Waals surface area (Å²) in [5.41, 5.74) is 4.72. The molecule has 0 aromatic carbocycles. The average molecular weight is 150 g/mol. The van der Waals surface area contributed by atoms with E-state index in [9.17, 15) is 13.2 Å². The summed E-state index contributed by atoms with van der Waals surface area (Å²) in [6.45, 7) is 0. The van der Waals surface area contributed by atoms with Crippen molar-refractivity contribution >= 4 is 0 Å². The van der Waals surface area contributed by atoms with Crippen LogP contribution < -0.4 is 11.1 Å². The number of halogens is 3. The van der Waals surface area contributed by atoms with Crippen molar-refractivity contribution in [2.45, 2.75) is 5.79 Å². The summed E-state index contributed by atoms with van der Waals surface area (Å²) in [7, 11) is 0. The first-order valence-electron chi connectivity index (χ1n) is 2.51. The van der Waals surface area contributed by atoms with Crippen LogP contribution in [0.5, 0.6) is 0 Å². The molecule has 10 heavy (non-hydrogen) atoms. The van der Waals surface area contributed by atoms with Crippen molar-refractivity contribution in [1.82, 2.24) is 5.32 Å². The zero-order valence-corrected chi connectivity index (χ0v) is 4.87. The molecule has 0 atom stereocenters. The highest BCUT2D eigenvalue weighted by atomic mass is 19.2. The maximum Gasteiger partial charge on any atom is 0.206 e. The van der Waals surface area contributed by atoms with E-state index in [-0.39, 0.29) is 0 Å². The van der Waals surface area contributed by atoms with Gasteiger partial charge in [0.15, 0.2) is 11.9 Å². The molecule has 0 saturated carbocycles. The number of rotatable bonds is 0. The molecule has 0 aliphatic carbocycles. The summed E-state index contributed by atoms with van der Waals surface area (Å²) in [5, 5.41) is 1.60. The molecule has 5 heteroatoms. The van der Waals surface area contributed by atoms with E-state index in [1.807, 2.05) is 0 Å². The van der Waals surface area contributed by atoms with E-state index in [4.69, 9.17) is 5.73 Å². The van der Waals surface area contributed by atoms with Gasteiger partial charge in [-0.2, -0.15) is 8.78 Å². The van der Waals surface area contributed by atoms with Gasteiger partial charge >= 0.3 is 0 Å². The molecule has 0 radical (unpaired) electrons. The minimum Gasteiger partial charge on any atom is -0.309 e. The van der Waals surface area contributed by atoms with Gasteiger partial charge in [-0.15, -0.1) is 0 Å². The molecular formula is C5H5F3N2. The summed E-state index contributed by atoms with van der Waals surface area (Å²) >= 11 is 0. The number of nitrogens with one attached hydrogen (secondary N) is 1. The third-order valence-electron chi connectivity index (χ3n) is 0.935. The average Bonchev–Trinajstić information content (AvgIpc) is 1.54. The van der Waals surface area contributed by atoms with Gasteiger partial charge in [0.1, 0.15) is 0 Å². The molecule has 1 heterocycles. The predicted octanol–water partition coefficient (Wildman–Crippen LogP) is 0.836. The second-order valence-electron chi connectivity index (χ2n) is 1.94. The minimum atomic E-state index is -2.51. The van der Waals surface area contributed by atoms with Crippen LogP contribution in [-0.4, -0.2) is 5.79 Å². The van der Waals surface area contributed by atoms with Crippen molar-refractivity contribution < 1.29 is 13.2 Å². The van der Waals surface area contributed by atoms with Crippen molar-refractivity contribution in [2.24, 2.45) is 5.73 Å². The molecule has 0 unspecified atom stereocenters. The van der Waals surface area contributed by atoms with E-state index in [0.29, 0.717) is 12.2 Å². The van der Waals surface area contributed by atoms with Crippen LogP contribution in [0.2, 0.25) is 0 Å².